The highest BCUT2D eigenvalue weighted by Gasteiger charge is 2.29. The van der Waals surface area contributed by atoms with Gasteiger partial charge in [-0.15, -0.1) is 0 Å². The summed E-state index contributed by atoms with van der Waals surface area (Å²) in [4.78, 5) is 0. The van der Waals surface area contributed by atoms with Crippen LogP contribution in [0.3, 0.4) is 0 Å². The third-order valence-corrected chi connectivity index (χ3v) is 5.85. The monoisotopic (exact) mass is 330 g/mol. The molecule has 0 fully saturated rings. The fourth-order valence-electron chi connectivity index (χ4n) is 4.86. The summed E-state index contributed by atoms with van der Waals surface area (Å²) in [5.74, 6) is 0. The first kappa shape index (κ1) is 12.8. The van der Waals surface area contributed by atoms with Crippen molar-refractivity contribution in [3.63, 3.8) is 0 Å². The van der Waals surface area contributed by atoms with Crippen LogP contribution in [0.4, 0.5) is 11.4 Å². The van der Waals surface area contributed by atoms with Crippen LogP contribution < -0.4 is 5.32 Å². The topological polar surface area (TPSA) is 17.0 Å². The second kappa shape index (κ2) is 4.17. The van der Waals surface area contributed by atoms with Crippen molar-refractivity contribution in [3.8, 4) is 27.9 Å². The molecule has 0 saturated heterocycles. The molecule has 2 nitrogen and oxygen atoms in total. The first-order valence-electron chi connectivity index (χ1n) is 8.98. The summed E-state index contributed by atoms with van der Waals surface area (Å²) in [6.45, 7) is 0. The summed E-state index contributed by atoms with van der Waals surface area (Å²) in [5.41, 5.74) is 11.4. The number of fused-ring (bicyclic) bond motifs is 4. The van der Waals surface area contributed by atoms with Crippen LogP contribution in [-0.2, 0) is 0 Å². The molecule has 0 unspecified atom stereocenters. The number of nitrogens with zero attached hydrogens (tertiary/aromatic N) is 1. The van der Waals surface area contributed by atoms with E-state index in [1.807, 2.05) is 0 Å². The number of aromatic nitrogens is 1. The Balaban J connectivity index is 1.90. The molecular weight excluding hydrogens is 316 g/mol. The molecule has 2 aliphatic heterocycles. The van der Waals surface area contributed by atoms with Crippen molar-refractivity contribution in [3.05, 3.63) is 78.9 Å². The molecule has 7 rings (SSSR count). The standard InChI is InChI=1S/C24H14N2/c1-2-7-15-14(6-1)16-8-3-9-18-19-11-5-13-21-24(19)26(22(16)18)23-17(15)10-4-12-20(23)25-21/h1-13,25H. The van der Waals surface area contributed by atoms with Gasteiger partial charge in [0.25, 0.3) is 0 Å². The lowest BCUT2D eigenvalue weighted by Crippen LogP contribution is -2.08. The zero-order chi connectivity index (χ0) is 16.8. The Labute approximate surface area is 150 Å². The summed E-state index contributed by atoms with van der Waals surface area (Å²) in [5, 5.41) is 6.31. The summed E-state index contributed by atoms with van der Waals surface area (Å²) in [6, 6.07) is 28.6. The van der Waals surface area contributed by atoms with E-state index in [9.17, 15) is 0 Å². The second-order valence-corrected chi connectivity index (χ2v) is 7.11. The average molecular weight is 330 g/mol. The zero-order valence-electron chi connectivity index (χ0n) is 14.0. The van der Waals surface area contributed by atoms with Crippen molar-refractivity contribution in [2.24, 2.45) is 0 Å². The highest BCUT2D eigenvalue weighted by atomic mass is 15.1. The second-order valence-electron chi connectivity index (χ2n) is 7.11. The Morgan fingerprint density at radius 1 is 0.500 bits per heavy atom. The largest absolute Gasteiger partial charge is 0.352 e. The maximum absolute atomic E-state index is 3.67. The Hall–Kier alpha value is -3.52. The van der Waals surface area contributed by atoms with E-state index in [2.05, 4.69) is 88.7 Å². The van der Waals surface area contributed by atoms with Gasteiger partial charge in [-0.25, -0.2) is 0 Å². The van der Waals surface area contributed by atoms with Crippen molar-refractivity contribution in [1.82, 2.24) is 4.57 Å². The molecule has 26 heavy (non-hydrogen) atoms. The van der Waals surface area contributed by atoms with Crippen LogP contribution in [0.15, 0.2) is 78.9 Å². The fraction of sp³-hybridized carbons (Fsp3) is 0. The predicted octanol–water partition coefficient (Wildman–Crippen LogP) is 6.49. The van der Waals surface area contributed by atoms with E-state index in [0.717, 1.165) is 0 Å². The van der Waals surface area contributed by atoms with Gasteiger partial charge in [-0.3, -0.25) is 0 Å². The SMILES string of the molecule is c1ccc2c(c1)-c1cccc3c1-n1c4c(cccc4c4cccc-2c41)N3. The fourth-order valence-corrected chi connectivity index (χ4v) is 4.86. The normalized spacial score (nSPS) is 12.9. The van der Waals surface area contributed by atoms with E-state index in [0.29, 0.717) is 0 Å². The van der Waals surface area contributed by atoms with Gasteiger partial charge in [-0.05, 0) is 23.3 Å². The van der Waals surface area contributed by atoms with Crippen LogP contribution in [0, 0.1) is 0 Å². The Kier molecular flexibility index (Phi) is 2.05. The third-order valence-electron chi connectivity index (χ3n) is 5.85. The molecule has 5 aromatic rings. The molecule has 0 radical (unpaired) electrons. The molecule has 0 saturated carbocycles. The lowest BCUT2D eigenvalue weighted by Gasteiger charge is -2.24. The van der Waals surface area contributed by atoms with Gasteiger partial charge in [0.15, 0.2) is 0 Å². The van der Waals surface area contributed by atoms with Gasteiger partial charge in [-0.1, -0.05) is 66.7 Å². The van der Waals surface area contributed by atoms with Crippen molar-refractivity contribution >= 4 is 33.2 Å². The smallest absolute Gasteiger partial charge is 0.0777 e. The number of nitrogens with one attached hydrogen (secondary N) is 1. The molecule has 0 aliphatic carbocycles. The van der Waals surface area contributed by atoms with Crippen LogP contribution in [0.5, 0.6) is 0 Å². The van der Waals surface area contributed by atoms with E-state index >= 15 is 0 Å². The van der Waals surface area contributed by atoms with Crippen molar-refractivity contribution < 1.29 is 0 Å². The summed E-state index contributed by atoms with van der Waals surface area (Å²) in [6.07, 6.45) is 0. The highest BCUT2D eigenvalue weighted by Crippen LogP contribution is 2.51. The number of para-hydroxylation sites is 3. The molecule has 0 amide bonds. The van der Waals surface area contributed by atoms with Crippen LogP contribution in [-0.4, -0.2) is 4.57 Å². The minimum atomic E-state index is 1.17. The minimum Gasteiger partial charge on any atom is -0.352 e. The van der Waals surface area contributed by atoms with E-state index in [1.165, 1.54) is 61.1 Å². The van der Waals surface area contributed by atoms with Crippen LogP contribution >= 0.6 is 0 Å². The van der Waals surface area contributed by atoms with Crippen LogP contribution in [0.25, 0.3) is 49.7 Å². The van der Waals surface area contributed by atoms with Gasteiger partial charge in [0.1, 0.15) is 0 Å². The van der Waals surface area contributed by atoms with E-state index in [1.54, 1.807) is 0 Å². The van der Waals surface area contributed by atoms with Gasteiger partial charge in [0.05, 0.1) is 28.1 Å². The van der Waals surface area contributed by atoms with Crippen LogP contribution in [0.2, 0.25) is 0 Å². The van der Waals surface area contributed by atoms with Gasteiger partial charge in [0.2, 0.25) is 0 Å². The quantitative estimate of drug-likeness (QED) is 0.336. The lowest BCUT2D eigenvalue weighted by atomic mass is 9.93. The van der Waals surface area contributed by atoms with Gasteiger partial charge in [-0.2, -0.15) is 0 Å². The maximum Gasteiger partial charge on any atom is 0.0777 e. The average Bonchev–Trinajstić information content (AvgIpc) is 2.97. The number of hydrogen-bond donors (Lipinski definition) is 1. The number of benzene rings is 4. The predicted molar refractivity (Wildman–Crippen MR) is 108 cm³/mol. The van der Waals surface area contributed by atoms with E-state index in [4.69, 9.17) is 0 Å². The third kappa shape index (κ3) is 1.29. The first-order chi connectivity index (χ1) is 12.9. The number of rotatable bonds is 0. The van der Waals surface area contributed by atoms with Gasteiger partial charge in [0, 0.05) is 21.9 Å². The molecule has 1 N–H and O–H groups in total. The van der Waals surface area contributed by atoms with Crippen molar-refractivity contribution in [2.45, 2.75) is 0 Å². The molecule has 3 heterocycles. The lowest BCUT2D eigenvalue weighted by molar-refractivity contribution is 1.17. The molecule has 2 heteroatoms. The molecular formula is C24H14N2. The maximum atomic E-state index is 3.67. The van der Waals surface area contributed by atoms with Crippen LogP contribution in [0.1, 0.15) is 0 Å². The van der Waals surface area contributed by atoms with Gasteiger partial charge >= 0.3 is 0 Å². The molecule has 120 valence electrons. The summed E-state index contributed by atoms with van der Waals surface area (Å²) < 4.78 is 2.48. The molecule has 0 spiro atoms. The minimum absolute atomic E-state index is 1.17. The number of hydrogen-bond acceptors (Lipinski definition) is 1. The molecule has 4 aromatic carbocycles. The summed E-state index contributed by atoms with van der Waals surface area (Å²) in [7, 11) is 0. The zero-order valence-corrected chi connectivity index (χ0v) is 14.0. The van der Waals surface area contributed by atoms with Crippen molar-refractivity contribution in [1.29, 1.82) is 0 Å². The Morgan fingerprint density at radius 2 is 1.12 bits per heavy atom. The molecule has 2 aliphatic rings. The van der Waals surface area contributed by atoms with Crippen molar-refractivity contribution in [2.75, 3.05) is 5.32 Å². The Morgan fingerprint density at radius 3 is 2.00 bits per heavy atom. The Bertz CT molecular complexity index is 1410. The van der Waals surface area contributed by atoms with Gasteiger partial charge < -0.3 is 9.88 Å². The number of anilines is 2. The molecule has 0 bridgehead atoms. The first-order valence-corrected chi connectivity index (χ1v) is 8.98. The highest BCUT2D eigenvalue weighted by molar-refractivity contribution is 6.20. The molecule has 1 aromatic heterocycles. The van der Waals surface area contributed by atoms with E-state index < -0.39 is 0 Å². The summed E-state index contributed by atoms with van der Waals surface area (Å²) >= 11 is 0. The molecule has 0 atom stereocenters. The van der Waals surface area contributed by atoms with E-state index in [-0.39, 0.29) is 0 Å².